The molecule has 1 aliphatic rings. The molecule has 0 unspecified atom stereocenters. The average Bonchev–Trinajstić information content (AvgIpc) is 2.37. The summed E-state index contributed by atoms with van der Waals surface area (Å²) >= 11 is 0. The number of aliphatic hydroxyl groups is 1. The van der Waals surface area contributed by atoms with Crippen molar-refractivity contribution in [3.63, 3.8) is 0 Å². The van der Waals surface area contributed by atoms with Crippen LogP contribution in [0.25, 0.3) is 0 Å². The van der Waals surface area contributed by atoms with Crippen LogP contribution in [-0.2, 0) is 0 Å². The van der Waals surface area contributed by atoms with Gasteiger partial charge in [-0.1, -0.05) is 18.2 Å². The number of rotatable bonds is 4. The Kier molecular flexibility index (Phi) is 4.25. The number of nitrogens with one attached hydrogen (secondary N) is 1. The van der Waals surface area contributed by atoms with Crippen molar-refractivity contribution in [3.8, 4) is 5.75 Å². The normalized spacial score (nSPS) is 17.7. The monoisotopic (exact) mass is 249 g/mol. The van der Waals surface area contributed by atoms with E-state index in [2.05, 4.69) is 17.4 Å². The summed E-state index contributed by atoms with van der Waals surface area (Å²) in [7, 11) is 0. The van der Waals surface area contributed by atoms with Crippen molar-refractivity contribution in [2.24, 2.45) is 0 Å². The summed E-state index contributed by atoms with van der Waals surface area (Å²) in [6, 6.07) is 8.21. The molecule has 0 aromatic heterocycles. The van der Waals surface area contributed by atoms with Crippen molar-refractivity contribution in [3.05, 3.63) is 29.8 Å². The highest BCUT2D eigenvalue weighted by atomic mass is 16.5. The van der Waals surface area contributed by atoms with Gasteiger partial charge in [-0.2, -0.15) is 0 Å². The zero-order valence-electron chi connectivity index (χ0n) is 11.3. The molecule has 0 radical (unpaired) electrons. The molecule has 3 nitrogen and oxygen atoms in total. The van der Waals surface area contributed by atoms with Crippen molar-refractivity contribution >= 4 is 0 Å². The van der Waals surface area contributed by atoms with E-state index >= 15 is 0 Å². The first kappa shape index (κ1) is 13.4. The maximum atomic E-state index is 9.75. The fourth-order valence-corrected chi connectivity index (χ4v) is 2.34. The van der Waals surface area contributed by atoms with Crippen molar-refractivity contribution in [1.29, 1.82) is 0 Å². The van der Waals surface area contributed by atoms with Gasteiger partial charge in [0.2, 0.25) is 0 Å². The Bertz CT molecular complexity index is 378. The van der Waals surface area contributed by atoms with E-state index in [0.717, 1.165) is 31.7 Å². The number of piperidine rings is 1. The largest absolute Gasteiger partial charge is 0.490 e. The third-order valence-electron chi connectivity index (χ3n) is 3.28. The Morgan fingerprint density at radius 2 is 1.94 bits per heavy atom. The van der Waals surface area contributed by atoms with Gasteiger partial charge < -0.3 is 15.2 Å². The van der Waals surface area contributed by atoms with Gasteiger partial charge in [-0.15, -0.1) is 0 Å². The number of para-hydroxylation sites is 1. The van der Waals surface area contributed by atoms with Crippen LogP contribution < -0.4 is 10.1 Å². The molecule has 2 N–H and O–H groups in total. The molecule has 0 bridgehead atoms. The predicted molar refractivity (Wildman–Crippen MR) is 73.1 cm³/mol. The molecule has 3 heteroatoms. The van der Waals surface area contributed by atoms with Crippen LogP contribution in [0, 0.1) is 0 Å². The second-order valence-corrected chi connectivity index (χ2v) is 5.66. The molecule has 100 valence electrons. The molecular formula is C15H23NO2. The number of hydrogen-bond acceptors (Lipinski definition) is 3. The molecule has 0 atom stereocenters. The molecule has 0 spiro atoms. The molecule has 0 aliphatic carbocycles. The van der Waals surface area contributed by atoms with Crippen LogP contribution in [-0.4, -0.2) is 30.4 Å². The quantitative estimate of drug-likeness (QED) is 0.860. The Hall–Kier alpha value is -1.06. The highest BCUT2D eigenvalue weighted by Crippen LogP contribution is 2.32. The van der Waals surface area contributed by atoms with Crippen LogP contribution in [0.1, 0.15) is 38.2 Å². The van der Waals surface area contributed by atoms with E-state index < -0.39 is 5.60 Å². The first-order valence-electron chi connectivity index (χ1n) is 6.71. The SMILES string of the molecule is CC(C)(O)COc1ccccc1C1CCNCC1. The smallest absolute Gasteiger partial charge is 0.122 e. The summed E-state index contributed by atoms with van der Waals surface area (Å²) in [6.07, 6.45) is 2.31. The lowest BCUT2D eigenvalue weighted by atomic mass is 9.89. The molecule has 1 saturated heterocycles. The summed E-state index contributed by atoms with van der Waals surface area (Å²) in [6.45, 7) is 6.00. The molecule has 1 fully saturated rings. The Balaban J connectivity index is 2.09. The van der Waals surface area contributed by atoms with E-state index in [1.807, 2.05) is 12.1 Å². The van der Waals surface area contributed by atoms with Crippen molar-refractivity contribution in [2.75, 3.05) is 19.7 Å². The van der Waals surface area contributed by atoms with Crippen molar-refractivity contribution in [2.45, 2.75) is 38.2 Å². The fourth-order valence-electron chi connectivity index (χ4n) is 2.34. The molecule has 1 aromatic carbocycles. The second kappa shape index (κ2) is 5.72. The minimum absolute atomic E-state index is 0.328. The second-order valence-electron chi connectivity index (χ2n) is 5.66. The van der Waals surface area contributed by atoms with E-state index in [1.54, 1.807) is 13.8 Å². The predicted octanol–water partition coefficient (Wildman–Crippen LogP) is 2.30. The minimum atomic E-state index is -0.790. The van der Waals surface area contributed by atoms with Crippen molar-refractivity contribution < 1.29 is 9.84 Å². The summed E-state index contributed by atoms with van der Waals surface area (Å²) in [4.78, 5) is 0. The van der Waals surface area contributed by atoms with Crippen LogP contribution in [0.15, 0.2) is 24.3 Å². The molecule has 0 amide bonds. The lowest BCUT2D eigenvalue weighted by Gasteiger charge is -2.26. The lowest BCUT2D eigenvalue weighted by Crippen LogP contribution is -2.29. The Labute approximate surface area is 109 Å². The Morgan fingerprint density at radius 3 is 2.61 bits per heavy atom. The van der Waals surface area contributed by atoms with Gasteiger partial charge in [-0.25, -0.2) is 0 Å². The maximum absolute atomic E-state index is 9.75. The third-order valence-corrected chi connectivity index (χ3v) is 3.28. The van der Waals surface area contributed by atoms with Crippen LogP contribution >= 0.6 is 0 Å². The zero-order chi connectivity index (χ0) is 13.0. The third kappa shape index (κ3) is 3.72. The molecule has 1 aliphatic heterocycles. The topological polar surface area (TPSA) is 41.5 Å². The summed E-state index contributed by atoms with van der Waals surface area (Å²) in [5.41, 5.74) is 0.490. The molecule has 2 rings (SSSR count). The zero-order valence-corrected chi connectivity index (χ0v) is 11.3. The molecule has 0 saturated carbocycles. The summed E-state index contributed by atoms with van der Waals surface area (Å²) in [5, 5.41) is 13.1. The fraction of sp³-hybridized carbons (Fsp3) is 0.600. The van der Waals surface area contributed by atoms with Crippen LogP contribution in [0.4, 0.5) is 0 Å². The lowest BCUT2D eigenvalue weighted by molar-refractivity contribution is 0.0280. The standard InChI is InChI=1S/C15H23NO2/c1-15(2,17)11-18-14-6-4-3-5-13(14)12-7-9-16-10-8-12/h3-6,12,16-17H,7-11H2,1-2H3. The molecule has 1 heterocycles. The number of hydrogen-bond donors (Lipinski definition) is 2. The summed E-state index contributed by atoms with van der Waals surface area (Å²) in [5.74, 6) is 1.50. The molecular weight excluding hydrogens is 226 g/mol. The first-order valence-corrected chi connectivity index (χ1v) is 6.71. The van der Waals surface area contributed by atoms with E-state index in [-0.39, 0.29) is 0 Å². The van der Waals surface area contributed by atoms with Crippen LogP contribution in [0.3, 0.4) is 0 Å². The van der Waals surface area contributed by atoms with E-state index in [0.29, 0.717) is 12.5 Å². The molecule has 18 heavy (non-hydrogen) atoms. The van der Waals surface area contributed by atoms with Gasteiger partial charge in [-0.3, -0.25) is 0 Å². The van der Waals surface area contributed by atoms with Crippen LogP contribution in [0.5, 0.6) is 5.75 Å². The average molecular weight is 249 g/mol. The summed E-state index contributed by atoms with van der Waals surface area (Å²) < 4.78 is 5.78. The van der Waals surface area contributed by atoms with E-state index in [9.17, 15) is 5.11 Å². The van der Waals surface area contributed by atoms with Gasteiger partial charge in [0.25, 0.3) is 0 Å². The Morgan fingerprint density at radius 1 is 1.28 bits per heavy atom. The number of benzene rings is 1. The maximum Gasteiger partial charge on any atom is 0.122 e. The van der Waals surface area contributed by atoms with Crippen LogP contribution in [0.2, 0.25) is 0 Å². The van der Waals surface area contributed by atoms with Gasteiger partial charge in [0.15, 0.2) is 0 Å². The minimum Gasteiger partial charge on any atom is -0.490 e. The molecule has 1 aromatic rings. The highest BCUT2D eigenvalue weighted by Gasteiger charge is 2.20. The van der Waals surface area contributed by atoms with Gasteiger partial charge in [0, 0.05) is 0 Å². The van der Waals surface area contributed by atoms with E-state index in [4.69, 9.17) is 4.74 Å². The van der Waals surface area contributed by atoms with Crippen molar-refractivity contribution in [1.82, 2.24) is 5.32 Å². The van der Waals surface area contributed by atoms with Gasteiger partial charge >= 0.3 is 0 Å². The highest BCUT2D eigenvalue weighted by molar-refractivity contribution is 5.36. The first-order chi connectivity index (χ1) is 8.56. The number of ether oxygens (including phenoxy) is 1. The van der Waals surface area contributed by atoms with Gasteiger partial charge in [0.05, 0.1) is 5.60 Å². The van der Waals surface area contributed by atoms with Gasteiger partial charge in [-0.05, 0) is 57.3 Å². The van der Waals surface area contributed by atoms with Gasteiger partial charge in [0.1, 0.15) is 12.4 Å². The van der Waals surface area contributed by atoms with E-state index in [1.165, 1.54) is 5.56 Å².